The second-order valence-corrected chi connectivity index (χ2v) is 8.40. The lowest BCUT2D eigenvalue weighted by molar-refractivity contribution is 0.181. The molecule has 178 valence electrons. The van der Waals surface area contributed by atoms with Crippen LogP contribution in [0.25, 0.3) is 38.7 Å². The van der Waals surface area contributed by atoms with Crippen molar-refractivity contribution in [3.63, 3.8) is 0 Å². The predicted molar refractivity (Wildman–Crippen MR) is 131 cm³/mol. The third-order valence-corrected chi connectivity index (χ3v) is 6.30. The summed E-state index contributed by atoms with van der Waals surface area (Å²) in [4.78, 5) is 4.71. The Kier molecular flexibility index (Phi) is 6.01. The number of nitrogens with two attached hydrogens (primary N) is 1. The number of anilines is 1. The van der Waals surface area contributed by atoms with E-state index in [0.29, 0.717) is 39.1 Å². The molecule has 0 fully saturated rings. The molecule has 0 radical (unpaired) electrons. The molecule has 0 aliphatic heterocycles. The van der Waals surface area contributed by atoms with Gasteiger partial charge in [0.2, 0.25) is 0 Å². The first-order chi connectivity index (χ1) is 17.0. The van der Waals surface area contributed by atoms with Gasteiger partial charge in [0.05, 0.1) is 37.8 Å². The molecule has 2 N–H and O–H groups in total. The van der Waals surface area contributed by atoms with Crippen molar-refractivity contribution >= 4 is 22.8 Å². The number of benzene rings is 2. The molecule has 0 saturated heterocycles. The highest BCUT2D eigenvalue weighted by Crippen LogP contribution is 2.36. The first kappa shape index (κ1) is 22.7. The molecule has 0 aliphatic carbocycles. The Balaban J connectivity index is 1.58. The molecule has 9 nitrogen and oxygen atoms in total. The van der Waals surface area contributed by atoms with Crippen LogP contribution in [-0.4, -0.2) is 46.1 Å². The molecule has 0 aliphatic rings. The number of nitrogens with zero attached hydrogens (tertiary/aromatic N) is 5. The lowest BCUT2D eigenvalue weighted by atomic mass is 10.1. The van der Waals surface area contributed by atoms with E-state index < -0.39 is 0 Å². The molecule has 35 heavy (non-hydrogen) atoms. The molecule has 0 bridgehead atoms. The fourth-order valence-corrected chi connectivity index (χ4v) is 4.60. The van der Waals surface area contributed by atoms with Crippen molar-refractivity contribution in [2.75, 3.05) is 27.1 Å². The molecule has 0 spiro atoms. The highest BCUT2D eigenvalue weighted by Gasteiger charge is 2.22. The second-order valence-electron chi connectivity index (χ2n) is 7.54. The van der Waals surface area contributed by atoms with Gasteiger partial charge in [0, 0.05) is 18.1 Å². The van der Waals surface area contributed by atoms with E-state index in [-0.39, 0.29) is 18.2 Å². The summed E-state index contributed by atoms with van der Waals surface area (Å²) in [7, 11) is 4.75. The highest BCUT2D eigenvalue weighted by molar-refractivity contribution is 7.13. The van der Waals surface area contributed by atoms with Crippen molar-refractivity contribution in [3.8, 4) is 44.6 Å². The molecule has 11 heteroatoms. The number of methoxy groups -OCH3 is 3. The summed E-state index contributed by atoms with van der Waals surface area (Å²) < 4.78 is 31.0. The van der Waals surface area contributed by atoms with Crippen molar-refractivity contribution in [1.29, 1.82) is 0 Å². The molecule has 5 aromatic rings. The molecule has 0 unspecified atom stereocenters. The number of hydrogen-bond donors (Lipinski definition) is 1. The molecule has 2 aromatic carbocycles. The smallest absolute Gasteiger partial charge is 0.187 e. The molecule has 3 heterocycles. The van der Waals surface area contributed by atoms with Gasteiger partial charge in [0.15, 0.2) is 28.7 Å². The van der Waals surface area contributed by atoms with Crippen molar-refractivity contribution in [1.82, 2.24) is 24.8 Å². The maximum Gasteiger partial charge on any atom is 0.187 e. The van der Waals surface area contributed by atoms with Crippen LogP contribution in [0.3, 0.4) is 0 Å². The summed E-state index contributed by atoms with van der Waals surface area (Å²) >= 11 is 1.39. The Labute approximate surface area is 203 Å². The number of nitrogen functional groups attached to an aromatic ring is 1. The zero-order chi connectivity index (χ0) is 24.5. The van der Waals surface area contributed by atoms with E-state index in [4.69, 9.17) is 24.9 Å². The van der Waals surface area contributed by atoms with Gasteiger partial charge in [0.25, 0.3) is 0 Å². The zero-order valence-corrected chi connectivity index (χ0v) is 20.0. The maximum atomic E-state index is 13.5. The van der Waals surface area contributed by atoms with Gasteiger partial charge in [-0.3, -0.25) is 0 Å². The van der Waals surface area contributed by atoms with Gasteiger partial charge in [-0.1, -0.05) is 12.1 Å². The van der Waals surface area contributed by atoms with Crippen LogP contribution in [-0.2, 0) is 11.3 Å². The molecule has 3 aromatic heterocycles. The second kappa shape index (κ2) is 9.28. The fourth-order valence-electron chi connectivity index (χ4n) is 3.78. The average molecular weight is 493 g/mol. The number of halogens is 1. The van der Waals surface area contributed by atoms with E-state index in [9.17, 15) is 4.39 Å². The van der Waals surface area contributed by atoms with Crippen molar-refractivity contribution in [2.24, 2.45) is 0 Å². The quantitative estimate of drug-likeness (QED) is 0.355. The lowest BCUT2D eigenvalue weighted by Gasteiger charge is -2.08. The van der Waals surface area contributed by atoms with E-state index in [2.05, 4.69) is 15.3 Å². The van der Waals surface area contributed by atoms with Gasteiger partial charge < -0.3 is 19.9 Å². The Hall–Kier alpha value is -4.09. The van der Waals surface area contributed by atoms with Crippen molar-refractivity contribution in [3.05, 3.63) is 59.4 Å². The average Bonchev–Trinajstić information content (AvgIpc) is 3.50. The van der Waals surface area contributed by atoms with Crippen LogP contribution in [0.15, 0.2) is 47.8 Å². The first-order valence-corrected chi connectivity index (χ1v) is 11.4. The standard InChI is InChI=1S/C24H21FN6O3S/c1-32-11-16-20(13-4-7-15(25)8-5-13)23-29-28-21(22(26)31(23)30-16)24-27-17(12-35-24)14-6-9-18(33-2)19(10-14)34-3/h4-10,12H,11,26H2,1-3H3. The van der Waals surface area contributed by atoms with E-state index in [1.807, 2.05) is 23.6 Å². The van der Waals surface area contributed by atoms with E-state index in [0.717, 1.165) is 16.8 Å². The Morgan fingerprint density at radius 3 is 2.43 bits per heavy atom. The van der Waals surface area contributed by atoms with E-state index >= 15 is 0 Å². The summed E-state index contributed by atoms with van der Waals surface area (Å²) in [6.45, 7) is 0.228. The molecular weight excluding hydrogens is 471 g/mol. The van der Waals surface area contributed by atoms with E-state index in [1.54, 1.807) is 33.5 Å². The fraction of sp³-hybridized carbons (Fsp3) is 0.167. The van der Waals surface area contributed by atoms with Crippen LogP contribution < -0.4 is 15.2 Å². The van der Waals surface area contributed by atoms with Gasteiger partial charge in [-0.25, -0.2) is 9.37 Å². The molecule has 0 amide bonds. The summed E-state index contributed by atoms with van der Waals surface area (Å²) in [5.41, 5.74) is 11.0. The van der Waals surface area contributed by atoms with Crippen LogP contribution in [0.5, 0.6) is 11.5 Å². The summed E-state index contributed by atoms with van der Waals surface area (Å²) in [5, 5.41) is 15.9. The topological polar surface area (TPSA) is 110 Å². The number of fused-ring (bicyclic) bond motifs is 1. The van der Waals surface area contributed by atoms with Crippen LogP contribution in [0, 0.1) is 5.82 Å². The largest absolute Gasteiger partial charge is 0.493 e. The number of hydrogen-bond acceptors (Lipinski definition) is 9. The van der Waals surface area contributed by atoms with Gasteiger partial charge in [-0.2, -0.15) is 9.61 Å². The maximum absolute atomic E-state index is 13.5. The van der Waals surface area contributed by atoms with Gasteiger partial charge >= 0.3 is 0 Å². The van der Waals surface area contributed by atoms with Gasteiger partial charge in [0.1, 0.15) is 10.8 Å². The highest BCUT2D eigenvalue weighted by atomic mass is 32.1. The molecule has 5 rings (SSSR count). The van der Waals surface area contributed by atoms with Gasteiger partial charge in [-0.15, -0.1) is 21.5 Å². The summed E-state index contributed by atoms with van der Waals surface area (Å²) in [5.74, 6) is 1.19. The lowest BCUT2D eigenvalue weighted by Crippen LogP contribution is -2.05. The Morgan fingerprint density at radius 1 is 0.971 bits per heavy atom. The Morgan fingerprint density at radius 2 is 1.71 bits per heavy atom. The molecule has 0 saturated carbocycles. The Bertz CT molecular complexity index is 1520. The van der Waals surface area contributed by atoms with Crippen molar-refractivity contribution in [2.45, 2.75) is 6.61 Å². The number of aromatic nitrogens is 5. The van der Waals surface area contributed by atoms with Gasteiger partial charge in [-0.05, 0) is 35.9 Å². The minimum Gasteiger partial charge on any atom is -0.493 e. The SMILES string of the molecule is COCc1nn2c(N)c(-c3nc(-c4ccc(OC)c(OC)c4)cs3)nnc2c1-c1ccc(F)cc1. The van der Waals surface area contributed by atoms with Crippen LogP contribution in [0.1, 0.15) is 5.69 Å². The molecular formula is C24H21FN6O3S. The minimum absolute atomic E-state index is 0.228. The third kappa shape index (κ3) is 4.04. The van der Waals surface area contributed by atoms with Crippen LogP contribution in [0.2, 0.25) is 0 Å². The number of ether oxygens (including phenoxy) is 3. The number of rotatable bonds is 7. The molecule has 0 atom stereocenters. The normalized spacial score (nSPS) is 11.2. The van der Waals surface area contributed by atoms with E-state index in [1.165, 1.54) is 28.0 Å². The predicted octanol–water partition coefficient (Wildman–Crippen LogP) is 4.47. The van der Waals surface area contributed by atoms with Crippen LogP contribution in [0.4, 0.5) is 10.2 Å². The minimum atomic E-state index is -0.333. The van der Waals surface area contributed by atoms with Crippen molar-refractivity contribution < 1.29 is 18.6 Å². The number of thiazole rings is 1. The summed E-state index contributed by atoms with van der Waals surface area (Å²) in [6.07, 6.45) is 0. The summed E-state index contributed by atoms with van der Waals surface area (Å²) in [6, 6.07) is 11.7. The first-order valence-electron chi connectivity index (χ1n) is 10.5. The third-order valence-electron chi connectivity index (χ3n) is 5.45. The van der Waals surface area contributed by atoms with Crippen LogP contribution >= 0.6 is 11.3 Å². The zero-order valence-electron chi connectivity index (χ0n) is 19.2. The monoisotopic (exact) mass is 492 g/mol.